The largest absolute Gasteiger partial charge is 0.368 e. The number of carbonyl (C=O) groups is 1. The summed E-state index contributed by atoms with van der Waals surface area (Å²) in [5.74, 6) is 0.0561. The summed E-state index contributed by atoms with van der Waals surface area (Å²) in [5, 5.41) is 5.73. The van der Waals surface area contributed by atoms with Gasteiger partial charge < -0.3 is 10.6 Å². The van der Waals surface area contributed by atoms with Gasteiger partial charge in [-0.25, -0.2) is 14.4 Å². The SMILES string of the molecule is C=CCNC(=O)c1cnc(NCCc2ccc(F)cc2)cn1. The topological polar surface area (TPSA) is 66.9 Å². The zero-order valence-electron chi connectivity index (χ0n) is 12.1. The maximum Gasteiger partial charge on any atom is 0.271 e. The molecule has 1 aromatic carbocycles. The highest BCUT2D eigenvalue weighted by Gasteiger charge is 2.06. The van der Waals surface area contributed by atoms with Crippen LogP contribution in [0.3, 0.4) is 0 Å². The number of nitrogens with one attached hydrogen (secondary N) is 2. The summed E-state index contributed by atoms with van der Waals surface area (Å²) in [7, 11) is 0. The first-order valence-corrected chi connectivity index (χ1v) is 6.88. The van der Waals surface area contributed by atoms with E-state index in [1.54, 1.807) is 18.2 Å². The number of hydrogen-bond donors (Lipinski definition) is 2. The molecule has 1 aromatic heterocycles. The van der Waals surface area contributed by atoms with Crippen LogP contribution in [0.5, 0.6) is 0 Å². The van der Waals surface area contributed by atoms with Crippen LogP contribution in [0.25, 0.3) is 0 Å². The molecule has 0 aliphatic rings. The molecule has 22 heavy (non-hydrogen) atoms. The summed E-state index contributed by atoms with van der Waals surface area (Å²) in [5.41, 5.74) is 1.29. The molecule has 0 bridgehead atoms. The van der Waals surface area contributed by atoms with E-state index >= 15 is 0 Å². The van der Waals surface area contributed by atoms with Crippen LogP contribution in [0.2, 0.25) is 0 Å². The van der Waals surface area contributed by atoms with Gasteiger partial charge >= 0.3 is 0 Å². The van der Waals surface area contributed by atoms with Crippen LogP contribution < -0.4 is 10.6 Å². The van der Waals surface area contributed by atoms with E-state index in [9.17, 15) is 9.18 Å². The molecule has 0 radical (unpaired) electrons. The molecule has 2 aromatic rings. The van der Waals surface area contributed by atoms with Crippen molar-refractivity contribution in [3.63, 3.8) is 0 Å². The molecule has 1 amide bonds. The molecule has 0 aliphatic heterocycles. The number of carbonyl (C=O) groups excluding carboxylic acids is 1. The molecule has 0 unspecified atom stereocenters. The first-order chi connectivity index (χ1) is 10.7. The summed E-state index contributed by atoms with van der Waals surface area (Å²) in [6.07, 6.45) is 5.26. The molecule has 114 valence electrons. The summed E-state index contributed by atoms with van der Waals surface area (Å²) in [6.45, 7) is 4.55. The Bertz CT molecular complexity index is 626. The molecule has 6 heteroatoms. The van der Waals surface area contributed by atoms with Gasteiger partial charge in [0.2, 0.25) is 0 Å². The van der Waals surface area contributed by atoms with Crippen LogP contribution in [0.15, 0.2) is 49.3 Å². The zero-order valence-corrected chi connectivity index (χ0v) is 12.1. The molecule has 0 aliphatic carbocycles. The van der Waals surface area contributed by atoms with Gasteiger partial charge in [-0.2, -0.15) is 0 Å². The number of aromatic nitrogens is 2. The van der Waals surface area contributed by atoms with Crippen molar-refractivity contribution in [1.29, 1.82) is 0 Å². The van der Waals surface area contributed by atoms with Gasteiger partial charge in [0.25, 0.3) is 5.91 Å². The van der Waals surface area contributed by atoms with E-state index in [1.165, 1.54) is 24.5 Å². The third-order valence-corrected chi connectivity index (χ3v) is 2.92. The fourth-order valence-corrected chi connectivity index (χ4v) is 1.78. The number of hydrogen-bond acceptors (Lipinski definition) is 4. The Morgan fingerprint density at radius 1 is 1.23 bits per heavy atom. The normalized spacial score (nSPS) is 10.0. The lowest BCUT2D eigenvalue weighted by atomic mass is 10.1. The molecular formula is C16H17FN4O. The van der Waals surface area contributed by atoms with E-state index in [0.29, 0.717) is 18.9 Å². The van der Waals surface area contributed by atoms with Gasteiger partial charge in [-0.15, -0.1) is 6.58 Å². The van der Waals surface area contributed by atoms with Crippen molar-refractivity contribution in [3.8, 4) is 0 Å². The smallest absolute Gasteiger partial charge is 0.271 e. The molecule has 0 fully saturated rings. The molecule has 0 spiro atoms. The Balaban J connectivity index is 1.82. The molecule has 0 saturated heterocycles. The summed E-state index contributed by atoms with van der Waals surface area (Å²) in [4.78, 5) is 19.8. The second-order valence-electron chi connectivity index (χ2n) is 4.59. The van der Waals surface area contributed by atoms with Crippen LogP contribution in [0, 0.1) is 5.82 Å². The first-order valence-electron chi connectivity index (χ1n) is 6.88. The monoisotopic (exact) mass is 300 g/mol. The number of benzene rings is 1. The van der Waals surface area contributed by atoms with Crippen molar-refractivity contribution < 1.29 is 9.18 Å². The van der Waals surface area contributed by atoms with Gasteiger partial charge in [0.15, 0.2) is 0 Å². The molecule has 1 heterocycles. The van der Waals surface area contributed by atoms with Crippen molar-refractivity contribution in [2.75, 3.05) is 18.4 Å². The van der Waals surface area contributed by atoms with Crippen LogP contribution in [-0.2, 0) is 6.42 Å². The number of rotatable bonds is 7. The van der Waals surface area contributed by atoms with Crippen LogP contribution in [-0.4, -0.2) is 29.0 Å². The van der Waals surface area contributed by atoms with Gasteiger partial charge in [-0.05, 0) is 24.1 Å². The lowest BCUT2D eigenvalue weighted by molar-refractivity contribution is 0.0952. The molecule has 2 rings (SSSR count). The van der Waals surface area contributed by atoms with Gasteiger partial charge in [0, 0.05) is 13.1 Å². The predicted molar refractivity (Wildman–Crippen MR) is 83.2 cm³/mol. The summed E-state index contributed by atoms with van der Waals surface area (Å²) < 4.78 is 12.8. The molecule has 5 nitrogen and oxygen atoms in total. The Morgan fingerprint density at radius 2 is 2.00 bits per heavy atom. The Labute approximate surface area is 128 Å². The van der Waals surface area contributed by atoms with E-state index in [2.05, 4.69) is 27.2 Å². The second kappa shape index (κ2) is 7.87. The van der Waals surface area contributed by atoms with Crippen molar-refractivity contribution in [2.24, 2.45) is 0 Å². The van der Waals surface area contributed by atoms with Crippen molar-refractivity contribution in [2.45, 2.75) is 6.42 Å². The number of halogens is 1. The highest BCUT2D eigenvalue weighted by Crippen LogP contribution is 2.05. The van der Waals surface area contributed by atoms with E-state index < -0.39 is 0 Å². The molecule has 0 saturated carbocycles. The van der Waals surface area contributed by atoms with Crippen molar-refractivity contribution >= 4 is 11.7 Å². The minimum atomic E-state index is -0.287. The summed E-state index contributed by atoms with van der Waals surface area (Å²) in [6, 6.07) is 6.36. The van der Waals surface area contributed by atoms with Gasteiger partial charge in [-0.1, -0.05) is 18.2 Å². The Hall–Kier alpha value is -2.76. The van der Waals surface area contributed by atoms with Crippen molar-refractivity contribution in [1.82, 2.24) is 15.3 Å². The number of anilines is 1. The van der Waals surface area contributed by atoms with E-state index in [1.807, 2.05) is 0 Å². The molecular weight excluding hydrogens is 283 g/mol. The fraction of sp³-hybridized carbons (Fsp3) is 0.188. The summed E-state index contributed by atoms with van der Waals surface area (Å²) >= 11 is 0. The average Bonchev–Trinajstić information content (AvgIpc) is 2.55. The minimum Gasteiger partial charge on any atom is -0.368 e. The van der Waals surface area contributed by atoms with Gasteiger partial charge in [0.05, 0.1) is 12.4 Å². The zero-order chi connectivity index (χ0) is 15.8. The first kappa shape index (κ1) is 15.6. The highest BCUT2D eigenvalue weighted by atomic mass is 19.1. The highest BCUT2D eigenvalue weighted by molar-refractivity contribution is 5.92. The van der Waals surface area contributed by atoms with Crippen molar-refractivity contribution in [3.05, 3.63) is 66.4 Å². The third kappa shape index (κ3) is 4.66. The van der Waals surface area contributed by atoms with Gasteiger partial charge in [0.1, 0.15) is 17.3 Å². The average molecular weight is 300 g/mol. The molecule has 0 atom stereocenters. The van der Waals surface area contributed by atoms with Crippen LogP contribution in [0.4, 0.5) is 10.2 Å². The fourth-order valence-electron chi connectivity index (χ4n) is 1.78. The lowest BCUT2D eigenvalue weighted by Gasteiger charge is -2.06. The predicted octanol–water partition coefficient (Wildman–Crippen LogP) is 2.19. The number of nitrogens with zero attached hydrogens (tertiary/aromatic N) is 2. The van der Waals surface area contributed by atoms with E-state index in [0.717, 1.165) is 12.0 Å². The third-order valence-electron chi connectivity index (χ3n) is 2.92. The molecule has 2 N–H and O–H groups in total. The van der Waals surface area contributed by atoms with E-state index in [4.69, 9.17) is 0 Å². The number of amides is 1. The Kier molecular flexibility index (Phi) is 5.59. The quantitative estimate of drug-likeness (QED) is 0.769. The minimum absolute atomic E-state index is 0.243. The van der Waals surface area contributed by atoms with Crippen LogP contribution in [0.1, 0.15) is 16.1 Å². The second-order valence-corrected chi connectivity index (χ2v) is 4.59. The standard InChI is InChI=1S/C16H17FN4O/c1-2-8-19-16(22)14-10-21-15(11-20-14)18-9-7-12-3-5-13(17)6-4-12/h2-6,10-11H,1,7-9H2,(H,18,21)(H,19,22). The van der Waals surface area contributed by atoms with E-state index in [-0.39, 0.29) is 17.4 Å². The maximum absolute atomic E-state index is 12.8. The van der Waals surface area contributed by atoms with Gasteiger partial charge in [-0.3, -0.25) is 4.79 Å². The van der Waals surface area contributed by atoms with Crippen LogP contribution >= 0.6 is 0 Å². The lowest BCUT2D eigenvalue weighted by Crippen LogP contribution is -2.24. The Morgan fingerprint density at radius 3 is 2.64 bits per heavy atom. The maximum atomic E-state index is 12.8.